The predicted molar refractivity (Wildman–Crippen MR) is 120 cm³/mol. The Kier molecular flexibility index (Phi) is 5.75. The fourth-order valence-electron chi connectivity index (χ4n) is 4.56. The number of aliphatic hydroxyl groups excluding tert-OH is 1. The Labute approximate surface area is 192 Å². The smallest absolute Gasteiger partial charge is 0.248 e. The third-order valence-electron chi connectivity index (χ3n) is 6.38. The van der Waals surface area contributed by atoms with Crippen LogP contribution in [0.3, 0.4) is 0 Å². The minimum absolute atomic E-state index is 0.0657. The van der Waals surface area contributed by atoms with Gasteiger partial charge in [-0.25, -0.2) is 4.98 Å². The number of aromatic nitrogens is 3. The van der Waals surface area contributed by atoms with Gasteiger partial charge < -0.3 is 23.8 Å². The van der Waals surface area contributed by atoms with Crippen LogP contribution in [0.2, 0.25) is 0 Å². The largest absolute Gasteiger partial charge is 0.385 e. The molecule has 4 atom stereocenters. The third kappa shape index (κ3) is 4.42. The fraction of sp³-hybridized carbons (Fsp3) is 0.400. The Morgan fingerprint density at radius 1 is 1.30 bits per heavy atom. The minimum Gasteiger partial charge on any atom is -0.385 e. The molecule has 0 unspecified atom stereocenters. The van der Waals surface area contributed by atoms with Gasteiger partial charge in [0.25, 0.3) is 0 Å². The van der Waals surface area contributed by atoms with Crippen molar-refractivity contribution in [3.8, 4) is 23.2 Å². The van der Waals surface area contributed by atoms with Crippen LogP contribution in [0.15, 0.2) is 47.2 Å². The number of ether oxygens (including phenoxy) is 1. The molecular weight excluding hydrogens is 420 g/mol. The number of rotatable bonds is 6. The fourth-order valence-corrected chi connectivity index (χ4v) is 4.56. The van der Waals surface area contributed by atoms with E-state index in [4.69, 9.17) is 9.26 Å². The van der Waals surface area contributed by atoms with Crippen LogP contribution in [0.4, 0.5) is 0 Å². The first-order chi connectivity index (χ1) is 16.0. The van der Waals surface area contributed by atoms with Crippen LogP contribution >= 0.6 is 0 Å². The monoisotopic (exact) mass is 446 g/mol. The normalized spacial score (nSPS) is 21.9. The zero-order chi connectivity index (χ0) is 22.9. The predicted octanol–water partition coefficient (Wildman–Crippen LogP) is 2.34. The molecule has 1 aliphatic heterocycles. The number of hydrogen-bond donors (Lipinski definition) is 1. The highest BCUT2D eigenvalue weighted by molar-refractivity contribution is 5.78. The van der Waals surface area contributed by atoms with E-state index < -0.39 is 6.10 Å². The molecule has 2 fully saturated rings. The molecule has 0 bridgehead atoms. The molecule has 3 heterocycles. The summed E-state index contributed by atoms with van der Waals surface area (Å²) >= 11 is 0. The lowest BCUT2D eigenvalue weighted by Crippen LogP contribution is -2.34. The summed E-state index contributed by atoms with van der Waals surface area (Å²) in [6.45, 7) is 3.89. The Balaban J connectivity index is 1.18. The quantitative estimate of drug-likeness (QED) is 0.584. The highest BCUT2D eigenvalue weighted by Crippen LogP contribution is 2.51. The number of imidazole rings is 1. The summed E-state index contributed by atoms with van der Waals surface area (Å²) < 4.78 is 12.3. The number of methoxy groups -OCH3 is 1. The van der Waals surface area contributed by atoms with Gasteiger partial charge in [-0.2, -0.15) is 0 Å². The lowest BCUT2D eigenvalue weighted by atomic mass is 10.1. The zero-order valence-corrected chi connectivity index (χ0v) is 18.6. The molecule has 1 saturated carbocycles. The van der Waals surface area contributed by atoms with Gasteiger partial charge in [0.1, 0.15) is 24.2 Å². The molecule has 1 aromatic carbocycles. The topological polar surface area (TPSA) is 93.6 Å². The van der Waals surface area contributed by atoms with E-state index in [2.05, 4.69) is 22.0 Å². The van der Waals surface area contributed by atoms with Gasteiger partial charge in [0.2, 0.25) is 5.91 Å². The summed E-state index contributed by atoms with van der Waals surface area (Å²) in [4.78, 5) is 18.0. The summed E-state index contributed by atoms with van der Waals surface area (Å²) in [6.07, 6.45) is 2.83. The molecule has 5 rings (SSSR count). The van der Waals surface area contributed by atoms with Crippen molar-refractivity contribution in [3.05, 3.63) is 59.8 Å². The van der Waals surface area contributed by atoms with Gasteiger partial charge >= 0.3 is 0 Å². The Morgan fingerprint density at radius 2 is 2.06 bits per heavy atom. The number of hydrogen-bond acceptors (Lipinski definition) is 6. The number of carbonyl (C=O) groups is 1. The van der Waals surface area contributed by atoms with Crippen molar-refractivity contribution in [3.63, 3.8) is 0 Å². The lowest BCUT2D eigenvalue weighted by Gasteiger charge is -2.18. The van der Waals surface area contributed by atoms with E-state index in [0.717, 1.165) is 29.9 Å². The van der Waals surface area contributed by atoms with E-state index >= 15 is 0 Å². The molecule has 2 aromatic heterocycles. The Bertz CT molecular complexity index is 1190. The third-order valence-corrected chi connectivity index (χ3v) is 6.38. The van der Waals surface area contributed by atoms with Crippen molar-refractivity contribution in [1.29, 1.82) is 0 Å². The molecule has 33 heavy (non-hydrogen) atoms. The van der Waals surface area contributed by atoms with E-state index in [0.29, 0.717) is 35.9 Å². The number of aliphatic hydroxyl groups is 1. The molecule has 3 aromatic rings. The van der Waals surface area contributed by atoms with Gasteiger partial charge in [0.05, 0.1) is 6.54 Å². The highest BCUT2D eigenvalue weighted by atomic mass is 16.5. The van der Waals surface area contributed by atoms with Crippen LogP contribution in [0.1, 0.15) is 30.1 Å². The first-order valence-corrected chi connectivity index (χ1v) is 11.1. The Morgan fingerprint density at radius 3 is 2.76 bits per heavy atom. The maximum Gasteiger partial charge on any atom is 0.248 e. The first kappa shape index (κ1) is 21.4. The molecule has 1 aliphatic carbocycles. The van der Waals surface area contributed by atoms with Gasteiger partial charge in [-0.15, -0.1) is 0 Å². The molecule has 170 valence electrons. The molecule has 1 N–H and O–H groups in total. The lowest BCUT2D eigenvalue weighted by molar-refractivity contribution is -0.134. The maximum absolute atomic E-state index is 11.9. The number of likely N-dealkylation sites (tertiary alicyclic amines) is 1. The summed E-state index contributed by atoms with van der Waals surface area (Å²) in [7, 11) is 1.55. The molecular formula is C25H26N4O4. The molecule has 8 nitrogen and oxygen atoms in total. The second kappa shape index (κ2) is 8.85. The number of nitrogens with zero attached hydrogens (tertiary/aromatic N) is 4. The Hall–Kier alpha value is -3.41. The van der Waals surface area contributed by atoms with Crippen molar-refractivity contribution in [2.24, 2.45) is 17.8 Å². The first-order valence-electron chi connectivity index (χ1n) is 11.1. The second-order valence-corrected chi connectivity index (χ2v) is 8.70. The number of benzene rings is 1. The van der Waals surface area contributed by atoms with E-state index in [1.165, 1.54) is 0 Å². The SMILES string of the molecule is COCC(=O)N1C[C@@H]2[C@H](C#Cc3ccc(-c4cc(Cn5ccnc5[C@H](C)O)no4)cc3)[C@@H]2C1. The van der Waals surface area contributed by atoms with Crippen molar-refractivity contribution >= 4 is 5.91 Å². The number of piperidine rings is 1. The number of carbonyl (C=O) groups excluding carboxylic acids is 1. The van der Waals surface area contributed by atoms with Crippen molar-refractivity contribution in [2.75, 3.05) is 26.8 Å². The molecule has 2 aliphatic rings. The second-order valence-electron chi connectivity index (χ2n) is 8.70. The molecule has 1 saturated heterocycles. The van der Waals surface area contributed by atoms with Crippen LogP contribution < -0.4 is 0 Å². The van der Waals surface area contributed by atoms with Gasteiger partial charge in [-0.3, -0.25) is 4.79 Å². The van der Waals surface area contributed by atoms with Crippen molar-refractivity contribution < 1.29 is 19.2 Å². The van der Waals surface area contributed by atoms with Gasteiger partial charge in [-0.05, 0) is 43.0 Å². The molecule has 0 spiro atoms. The van der Waals surface area contributed by atoms with E-state index in [9.17, 15) is 9.90 Å². The van der Waals surface area contributed by atoms with Gasteiger partial charge in [0.15, 0.2) is 5.76 Å². The van der Waals surface area contributed by atoms with E-state index in [1.54, 1.807) is 20.2 Å². The van der Waals surface area contributed by atoms with Crippen LogP contribution in [-0.2, 0) is 16.1 Å². The molecule has 0 radical (unpaired) electrons. The van der Waals surface area contributed by atoms with Crippen LogP contribution in [0.5, 0.6) is 0 Å². The van der Waals surface area contributed by atoms with Crippen molar-refractivity contribution in [1.82, 2.24) is 19.6 Å². The van der Waals surface area contributed by atoms with Gasteiger partial charge in [-0.1, -0.05) is 17.0 Å². The average molecular weight is 447 g/mol. The highest BCUT2D eigenvalue weighted by Gasteiger charge is 2.55. The minimum atomic E-state index is -0.646. The summed E-state index contributed by atoms with van der Waals surface area (Å²) in [5, 5.41) is 14.0. The van der Waals surface area contributed by atoms with Crippen molar-refractivity contribution in [2.45, 2.75) is 19.6 Å². The zero-order valence-electron chi connectivity index (χ0n) is 18.6. The van der Waals surface area contributed by atoms with E-state index in [-0.39, 0.29) is 12.5 Å². The summed E-state index contributed by atoms with van der Waals surface area (Å²) in [5.74, 6) is 9.37. The maximum atomic E-state index is 11.9. The van der Waals surface area contributed by atoms with Crippen LogP contribution in [-0.4, -0.2) is 57.4 Å². The standard InChI is InChI=1S/C25H26N4O4/c1-16(30)25-26-9-10-28(25)12-19-11-23(33-27-19)18-6-3-17(4-7-18)5-8-20-21-13-29(14-22(20)21)24(31)15-32-2/h3-4,6-7,9-11,16,20-22,30H,12-15H2,1-2H3/t16-,20-,21+,22-/m0/s1. The molecule has 8 heteroatoms. The number of amides is 1. The number of fused-ring (bicyclic) bond motifs is 1. The van der Waals surface area contributed by atoms with Crippen LogP contribution in [0.25, 0.3) is 11.3 Å². The van der Waals surface area contributed by atoms with Crippen LogP contribution in [0, 0.1) is 29.6 Å². The van der Waals surface area contributed by atoms with Gasteiger partial charge in [0, 0.05) is 55.7 Å². The van der Waals surface area contributed by atoms with E-state index in [1.807, 2.05) is 46.0 Å². The summed E-state index contributed by atoms with van der Waals surface area (Å²) in [6, 6.07) is 9.82. The average Bonchev–Trinajstić information content (AvgIpc) is 3.30. The molecule has 1 amide bonds. The summed E-state index contributed by atoms with van der Waals surface area (Å²) in [5.41, 5.74) is 2.64.